The van der Waals surface area contributed by atoms with Crippen molar-refractivity contribution in [1.29, 1.82) is 0 Å². The van der Waals surface area contributed by atoms with Gasteiger partial charge in [0.2, 0.25) is 8.32 Å². The maximum Gasteiger partial charge on any atom is 0.241 e. The van der Waals surface area contributed by atoms with Gasteiger partial charge in [0.25, 0.3) is 0 Å². The van der Waals surface area contributed by atoms with Crippen molar-refractivity contribution >= 4 is 8.32 Å². The van der Waals surface area contributed by atoms with E-state index in [1.54, 1.807) is 0 Å². The van der Waals surface area contributed by atoms with E-state index in [1.807, 2.05) is 0 Å². The lowest BCUT2D eigenvalue weighted by Crippen LogP contribution is -2.27. The maximum atomic E-state index is 5.99. The Bertz CT molecular complexity index is 179. The van der Waals surface area contributed by atoms with Gasteiger partial charge in [0, 0.05) is 5.92 Å². The normalized spacial score (nSPS) is 25.0. The Kier molecular flexibility index (Phi) is 2.99. The zero-order chi connectivity index (χ0) is 9.19. The molecule has 0 aliphatic heterocycles. The van der Waals surface area contributed by atoms with Crippen LogP contribution >= 0.6 is 0 Å². The number of allylic oxidation sites excluding steroid dienone is 2. The van der Waals surface area contributed by atoms with Crippen molar-refractivity contribution in [3.63, 3.8) is 0 Å². The number of hydrogen-bond acceptors (Lipinski definition) is 1. The zero-order valence-corrected chi connectivity index (χ0v) is 9.68. The van der Waals surface area contributed by atoms with Gasteiger partial charge in [0.05, 0.1) is 5.76 Å². The van der Waals surface area contributed by atoms with Gasteiger partial charge in [-0.15, -0.1) is 0 Å². The van der Waals surface area contributed by atoms with Crippen molar-refractivity contribution in [3.8, 4) is 0 Å². The van der Waals surface area contributed by atoms with E-state index in [9.17, 15) is 0 Å². The van der Waals surface area contributed by atoms with Crippen LogP contribution in [0, 0.1) is 5.92 Å². The summed E-state index contributed by atoms with van der Waals surface area (Å²) < 4.78 is 5.99. The molecule has 1 aliphatic carbocycles. The lowest BCUT2D eigenvalue weighted by Gasteiger charge is -2.28. The van der Waals surface area contributed by atoms with Crippen molar-refractivity contribution in [2.24, 2.45) is 5.92 Å². The Labute approximate surface area is 76.9 Å². The average Bonchev–Trinajstić information content (AvgIpc) is 1.91. The summed E-state index contributed by atoms with van der Waals surface area (Å²) in [5.41, 5.74) is 0. The molecule has 0 aromatic rings. The van der Waals surface area contributed by atoms with Gasteiger partial charge in [-0.1, -0.05) is 6.92 Å². The van der Waals surface area contributed by atoms with Crippen LogP contribution in [0.4, 0.5) is 0 Å². The van der Waals surface area contributed by atoms with Gasteiger partial charge < -0.3 is 4.43 Å². The van der Waals surface area contributed by atoms with Crippen LogP contribution in [0.2, 0.25) is 19.6 Å². The highest BCUT2D eigenvalue weighted by Gasteiger charge is 2.22. The van der Waals surface area contributed by atoms with Crippen LogP contribution in [0.5, 0.6) is 0 Å². The van der Waals surface area contributed by atoms with Gasteiger partial charge in [-0.25, -0.2) is 0 Å². The van der Waals surface area contributed by atoms with Crippen molar-refractivity contribution in [2.75, 3.05) is 0 Å². The molecule has 1 rings (SSSR count). The van der Waals surface area contributed by atoms with E-state index in [2.05, 4.69) is 32.6 Å². The SMILES string of the molecule is CC1CCCC=C1O[Si](C)(C)C. The van der Waals surface area contributed by atoms with Gasteiger partial charge in [-0.3, -0.25) is 0 Å². The molecule has 0 amide bonds. The standard InChI is InChI=1S/C10H20OSi/c1-9-7-5-6-8-10(9)11-12(2,3)4/h8-9H,5-7H2,1-4H3. The van der Waals surface area contributed by atoms with Crippen molar-refractivity contribution in [2.45, 2.75) is 45.8 Å². The van der Waals surface area contributed by atoms with Crippen LogP contribution in [-0.4, -0.2) is 8.32 Å². The summed E-state index contributed by atoms with van der Waals surface area (Å²) in [6.07, 6.45) is 6.13. The minimum Gasteiger partial charge on any atom is -0.547 e. The first kappa shape index (κ1) is 9.84. The van der Waals surface area contributed by atoms with E-state index in [0.29, 0.717) is 5.92 Å². The second kappa shape index (κ2) is 3.65. The van der Waals surface area contributed by atoms with Crippen LogP contribution in [0.1, 0.15) is 26.2 Å². The fourth-order valence-corrected chi connectivity index (χ4v) is 2.50. The molecule has 0 N–H and O–H groups in total. The van der Waals surface area contributed by atoms with Crippen LogP contribution in [0.25, 0.3) is 0 Å². The summed E-state index contributed by atoms with van der Waals surface area (Å²) in [5.74, 6) is 1.92. The zero-order valence-electron chi connectivity index (χ0n) is 8.68. The fourth-order valence-electron chi connectivity index (χ4n) is 1.51. The lowest BCUT2D eigenvalue weighted by molar-refractivity contribution is 0.324. The van der Waals surface area contributed by atoms with Crippen LogP contribution < -0.4 is 0 Å². The highest BCUT2D eigenvalue weighted by Crippen LogP contribution is 2.27. The second-order valence-corrected chi connectivity index (χ2v) is 9.08. The largest absolute Gasteiger partial charge is 0.547 e. The van der Waals surface area contributed by atoms with Crippen LogP contribution in [0.15, 0.2) is 11.8 Å². The molecule has 0 heterocycles. The Hall–Kier alpha value is -0.243. The third-order valence-corrected chi connectivity index (χ3v) is 2.94. The maximum absolute atomic E-state index is 5.99. The van der Waals surface area contributed by atoms with E-state index in [4.69, 9.17) is 4.43 Å². The Morgan fingerprint density at radius 1 is 1.42 bits per heavy atom. The number of hydrogen-bond donors (Lipinski definition) is 0. The van der Waals surface area contributed by atoms with Gasteiger partial charge >= 0.3 is 0 Å². The summed E-state index contributed by atoms with van der Waals surface area (Å²) in [7, 11) is -1.35. The quantitative estimate of drug-likeness (QED) is 0.596. The molecule has 0 bridgehead atoms. The third kappa shape index (κ3) is 3.01. The average molecular weight is 184 g/mol. The van der Waals surface area contributed by atoms with Crippen molar-refractivity contribution in [1.82, 2.24) is 0 Å². The smallest absolute Gasteiger partial charge is 0.241 e. The van der Waals surface area contributed by atoms with Gasteiger partial charge in [0.15, 0.2) is 0 Å². The predicted octanol–water partition coefficient (Wildman–Crippen LogP) is 3.54. The topological polar surface area (TPSA) is 9.23 Å². The summed E-state index contributed by atoms with van der Waals surface area (Å²) in [6.45, 7) is 9.00. The number of rotatable bonds is 2. The molecule has 1 unspecified atom stereocenters. The Morgan fingerprint density at radius 2 is 2.08 bits per heavy atom. The second-order valence-electron chi connectivity index (χ2n) is 4.65. The van der Waals surface area contributed by atoms with Crippen LogP contribution in [-0.2, 0) is 4.43 Å². The van der Waals surface area contributed by atoms with Crippen molar-refractivity contribution in [3.05, 3.63) is 11.8 Å². The van der Waals surface area contributed by atoms with Gasteiger partial charge in [-0.05, 0) is 45.0 Å². The van der Waals surface area contributed by atoms with E-state index in [1.165, 1.54) is 25.0 Å². The molecule has 0 saturated heterocycles. The molecule has 1 nitrogen and oxygen atoms in total. The summed E-state index contributed by atoms with van der Waals surface area (Å²) in [6, 6.07) is 0. The lowest BCUT2D eigenvalue weighted by atomic mass is 9.96. The van der Waals surface area contributed by atoms with Crippen molar-refractivity contribution < 1.29 is 4.43 Å². The molecule has 0 radical (unpaired) electrons. The van der Waals surface area contributed by atoms with Crippen LogP contribution in [0.3, 0.4) is 0 Å². The first-order valence-electron chi connectivity index (χ1n) is 4.88. The Balaban J connectivity index is 2.55. The molecule has 12 heavy (non-hydrogen) atoms. The summed E-state index contributed by atoms with van der Waals surface area (Å²) in [4.78, 5) is 0. The van der Waals surface area contributed by atoms with Gasteiger partial charge in [-0.2, -0.15) is 0 Å². The highest BCUT2D eigenvalue weighted by atomic mass is 28.4. The summed E-state index contributed by atoms with van der Waals surface area (Å²) >= 11 is 0. The molecule has 2 heteroatoms. The molecule has 0 spiro atoms. The van der Waals surface area contributed by atoms with E-state index in [-0.39, 0.29) is 0 Å². The van der Waals surface area contributed by atoms with E-state index < -0.39 is 8.32 Å². The summed E-state index contributed by atoms with van der Waals surface area (Å²) in [5, 5.41) is 0. The molecule has 0 aromatic carbocycles. The first-order valence-corrected chi connectivity index (χ1v) is 8.29. The molecular weight excluding hydrogens is 164 g/mol. The van der Waals surface area contributed by atoms with E-state index >= 15 is 0 Å². The highest BCUT2D eigenvalue weighted by molar-refractivity contribution is 6.70. The van der Waals surface area contributed by atoms with Gasteiger partial charge in [0.1, 0.15) is 0 Å². The monoisotopic (exact) mass is 184 g/mol. The first-order chi connectivity index (χ1) is 5.49. The predicted molar refractivity (Wildman–Crippen MR) is 55.5 cm³/mol. The van der Waals surface area contributed by atoms with E-state index in [0.717, 1.165) is 0 Å². The molecule has 1 aliphatic rings. The molecule has 0 aromatic heterocycles. The molecule has 0 saturated carbocycles. The molecule has 0 fully saturated rings. The minimum absolute atomic E-state index is 0.658. The minimum atomic E-state index is -1.35. The fraction of sp³-hybridized carbons (Fsp3) is 0.800. The third-order valence-electron chi connectivity index (χ3n) is 2.10. The molecule has 1 atom stereocenters. The molecular formula is C10H20OSi. The molecule has 70 valence electrons. The Morgan fingerprint density at radius 3 is 2.58 bits per heavy atom.